The molecule has 0 spiro atoms. The van der Waals surface area contributed by atoms with Crippen LogP contribution in [0.4, 0.5) is 4.79 Å². The minimum atomic E-state index is -0.778. The number of methoxy groups -OCH3 is 1. The molecule has 0 amide bonds. The number of aromatic hydroxyl groups is 1. The Bertz CT molecular complexity index is 402. The van der Waals surface area contributed by atoms with Crippen molar-refractivity contribution in [3.8, 4) is 17.2 Å². The quantitative estimate of drug-likeness (QED) is 0.646. The molecule has 18 heavy (non-hydrogen) atoms. The topological polar surface area (TPSA) is 65.0 Å². The number of rotatable bonds is 5. The Morgan fingerprint density at radius 1 is 1.44 bits per heavy atom. The molecule has 0 aliphatic carbocycles. The fourth-order valence-corrected chi connectivity index (χ4v) is 1.19. The van der Waals surface area contributed by atoms with Gasteiger partial charge in [0.25, 0.3) is 0 Å². The zero-order valence-electron chi connectivity index (χ0n) is 10.8. The molecule has 1 aromatic rings. The van der Waals surface area contributed by atoms with Crippen molar-refractivity contribution in [3.63, 3.8) is 0 Å². The van der Waals surface area contributed by atoms with E-state index < -0.39 is 6.16 Å². The van der Waals surface area contributed by atoms with Crippen LogP contribution in [-0.2, 0) is 4.74 Å². The van der Waals surface area contributed by atoms with E-state index in [1.54, 1.807) is 0 Å². The largest absolute Gasteiger partial charge is 0.513 e. The molecule has 0 fully saturated rings. The standard InChI is InChI=1S/C13H18O5/c1-4-9(2)8-17-13(15)18-10-5-6-12(16-3)11(14)7-10/h5-7,9,14H,4,8H2,1-3H3. The lowest BCUT2D eigenvalue weighted by molar-refractivity contribution is 0.0856. The summed E-state index contributed by atoms with van der Waals surface area (Å²) >= 11 is 0. The molecular formula is C13H18O5. The van der Waals surface area contributed by atoms with Gasteiger partial charge in [-0.2, -0.15) is 0 Å². The van der Waals surface area contributed by atoms with E-state index in [9.17, 15) is 9.90 Å². The molecule has 5 heteroatoms. The first kappa shape index (κ1) is 14.2. The highest BCUT2D eigenvalue weighted by molar-refractivity contribution is 5.64. The van der Waals surface area contributed by atoms with E-state index in [1.165, 1.54) is 25.3 Å². The van der Waals surface area contributed by atoms with Crippen LogP contribution in [0.1, 0.15) is 20.3 Å². The molecule has 1 rings (SSSR count). The number of phenols is 1. The number of hydrogen-bond donors (Lipinski definition) is 1. The Morgan fingerprint density at radius 3 is 2.72 bits per heavy atom. The third kappa shape index (κ3) is 4.16. The summed E-state index contributed by atoms with van der Waals surface area (Å²) in [6, 6.07) is 4.32. The zero-order valence-corrected chi connectivity index (χ0v) is 10.8. The number of carbonyl (C=O) groups excluding carboxylic acids is 1. The maximum atomic E-state index is 11.3. The second-order valence-corrected chi connectivity index (χ2v) is 4.01. The molecule has 1 N–H and O–H groups in total. The van der Waals surface area contributed by atoms with Gasteiger partial charge in [-0.25, -0.2) is 4.79 Å². The molecule has 0 saturated heterocycles. The van der Waals surface area contributed by atoms with Crippen molar-refractivity contribution in [2.24, 2.45) is 5.92 Å². The summed E-state index contributed by atoms with van der Waals surface area (Å²) in [5.41, 5.74) is 0. The molecule has 0 heterocycles. The molecular weight excluding hydrogens is 236 g/mol. The van der Waals surface area contributed by atoms with Gasteiger partial charge >= 0.3 is 6.16 Å². The molecule has 1 aromatic carbocycles. The highest BCUT2D eigenvalue weighted by Gasteiger charge is 2.10. The van der Waals surface area contributed by atoms with Crippen molar-refractivity contribution in [2.75, 3.05) is 13.7 Å². The second-order valence-electron chi connectivity index (χ2n) is 4.01. The Morgan fingerprint density at radius 2 is 2.17 bits per heavy atom. The van der Waals surface area contributed by atoms with Crippen LogP contribution in [0.3, 0.4) is 0 Å². The van der Waals surface area contributed by atoms with Gasteiger partial charge in [0.2, 0.25) is 0 Å². The van der Waals surface area contributed by atoms with Crippen LogP contribution in [0.25, 0.3) is 0 Å². The number of carbonyl (C=O) groups is 1. The van der Waals surface area contributed by atoms with E-state index in [4.69, 9.17) is 14.2 Å². The van der Waals surface area contributed by atoms with Gasteiger partial charge in [0.1, 0.15) is 5.75 Å². The molecule has 1 atom stereocenters. The zero-order chi connectivity index (χ0) is 13.5. The first-order valence-corrected chi connectivity index (χ1v) is 5.78. The van der Waals surface area contributed by atoms with E-state index in [0.717, 1.165) is 6.42 Å². The van der Waals surface area contributed by atoms with Crippen molar-refractivity contribution in [1.82, 2.24) is 0 Å². The van der Waals surface area contributed by atoms with E-state index in [1.807, 2.05) is 13.8 Å². The maximum absolute atomic E-state index is 11.3. The molecule has 0 aromatic heterocycles. The van der Waals surface area contributed by atoms with Crippen LogP contribution in [0.5, 0.6) is 17.2 Å². The Labute approximate surface area is 106 Å². The molecule has 1 unspecified atom stereocenters. The van der Waals surface area contributed by atoms with Crippen LogP contribution in [0.2, 0.25) is 0 Å². The normalized spacial score (nSPS) is 11.7. The summed E-state index contributed by atoms with van der Waals surface area (Å²) in [7, 11) is 1.44. The van der Waals surface area contributed by atoms with Gasteiger partial charge in [-0.15, -0.1) is 0 Å². The minimum Gasteiger partial charge on any atom is -0.504 e. The summed E-state index contributed by atoms with van der Waals surface area (Å²) in [6.45, 7) is 4.31. The highest BCUT2D eigenvalue weighted by atomic mass is 16.7. The third-order valence-electron chi connectivity index (χ3n) is 2.53. The predicted molar refractivity (Wildman–Crippen MR) is 66.1 cm³/mol. The Kier molecular flexibility index (Phi) is 5.30. The first-order chi connectivity index (χ1) is 8.56. The molecule has 5 nitrogen and oxygen atoms in total. The summed E-state index contributed by atoms with van der Waals surface area (Å²) < 4.78 is 14.7. The average Bonchev–Trinajstić information content (AvgIpc) is 2.36. The van der Waals surface area contributed by atoms with Crippen LogP contribution >= 0.6 is 0 Å². The van der Waals surface area contributed by atoms with Crippen molar-refractivity contribution in [1.29, 1.82) is 0 Å². The van der Waals surface area contributed by atoms with Crippen molar-refractivity contribution < 1.29 is 24.1 Å². The molecule has 0 aliphatic heterocycles. The van der Waals surface area contributed by atoms with Crippen LogP contribution in [0.15, 0.2) is 18.2 Å². The Hall–Kier alpha value is -1.91. The first-order valence-electron chi connectivity index (χ1n) is 5.78. The van der Waals surface area contributed by atoms with Gasteiger partial charge in [0.05, 0.1) is 13.7 Å². The van der Waals surface area contributed by atoms with Gasteiger partial charge in [-0.05, 0) is 18.1 Å². The van der Waals surface area contributed by atoms with Gasteiger partial charge < -0.3 is 19.3 Å². The summed E-state index contributed by atoms with van der Waals surface area (Å²) in [5, 5.41) is 9.50. The maximum Gasteiger partial charge on any atom is 0.513 e. The molecule has 100 valence electrons. The number of phenolic OH excluding ortho intramolecular Hbond substituents is 1. The lowest BCUT2D eigenvalue weighted by atomic mass is 10.1. The average molecular weight is 254 g/mol. The molecule has 0 aliphatic rings. The highest BCUT2D eigenvalue weighted by Crippen LogP contribution is 2.29. The van der Waals surface area contributed by atoms with Crippen LogP contribution < -0.4 is 9.47 Å². The molecule has 0 saturated carbocycles. The fourth-order valence-electron chi connectivity index (χ4n) is 1.19. The van der Waals surface area contributed by atoms with Crippen molar-refractivity contribution in [3.05, 3.63) is 18.2 Å². The summed E-state index contributed by atoms with van der Waals surface area (Å²) in [6.07, 6.45) is 0.149. The van der Waals surface area contributed by atoms with E-state index >= 15 is 0 Å². The van der Waals surface area contributed by atoms with Crippen molar-refractivity contribution in [2.45, 2.75) is 20.3 Å². The fraction of sp³-hybridized carbons (Fsp3) is 0.462. The van der Waals surface area contributed by atoms with Gasteiger partial charge in [-0.3, -0.25) is 0 Å². The van der Waals surface area contributed by atoms with E-state index in [2.05, 4.69) is 0 Å². The molecule has 0 bridgehead atoms. The second kappa shape index (κ2) is 6.74. The SMILES string of the molecule is CCC(C)COC(=O)Oc1ccc(OC)c(O)c1. The van der Waals surface area contributed by atoms with Crippen molar-refractivity contribution >= 4 is 6.16 Å². The summed E-state index contributed by atoms with van der Waals surface area (Å²) in [4.78, 5) is 11.3. The monoisotopic (exact) mass is 254 g/mol. The minimum absolute atomic E-state index is 0.0928. The summed E-state index contributed by atoms with van der Waals surface area (Å²) in [5.74, 6) is 0.726. The lowest BCUT2D eigenvalue weighted by Crippen LogP contribution is -2.15. The van der Waals surface area contributed by atoms with E-state index in [0.29, 0.717) is 18.3 Å². The van der Waals surface area contributed by atoms with E-state index in [-0.39, 0.29) is 11.5 Å². The number of benzene rings is 1. The number of hydrogen-bond acceptors (Lipinski definition) is 5. The predicted octanol–water partition coefficient (Wildman–Crippen LogP) is 2.96. The van der Waals surface area contributed by atoms with Crippen LogP contribution in [-0.4, -0.2) is 25.0 Å². The third-order valence-corrected chi connectivity index (χ3v) is 2.53. The Balaban J connectivity index is 2.52. The molecule has 0 radical (unpaired) electrons. The van der Waals surface area contributed by atoms with Gasteiger partial charge in [0, 0.05) is 6.07 Å². The van der Waals surface area contributed by atoms with Gasteiger partial charge in [-0.1, -0.05) is 20.3 Å². The number of ether oxygens (including phenoxy) is 3. The van der Waals surface area contributed by atoms with Gasteiger partial charge in [0.15, 0.2) is 11.5 Å². The lowest BCUT2D eigenvalue weighted by Gasteiger charge is -2.10. The smallest absolute Gasteiger partial charge is 0.504 e. The van der Waals surface area contributed by atoms with Crippen LogP contribution in [0, 0.1) is 5.92 Å².